The van der Waals surface area contributed by atoms with Crippen molar-refractivity contribution in [2.24, 2.45) is 0 Å². The third kappa shape index (κ3) is 4.51. The second kappa shape index (κ2) is 9.93. The van der Waals surface area contributed by atoms with Crippen LogP contribution >= 0.6 is 0 Å². The summed E-state index contributed by atoms with van der Waals surface area (Å²) in [6.45, 7) is 2.18. The van der Waals surface area contributed by atoms with E-state index in [0.717, 1.165) is 39.1 Å². The SMILES string of the molecule is Cc1cc(-c2ccccc2)c(-n2c(-c3coc4cc[c]([Ge]([CH3])([CH3])[CH3])cc34)nc3ccccc32)c(-c2ccccc2)c1. The van der Waals surface area contributed by atoms with Crippen LogP contribution in [0.3, 0.4) is 0 Å². The van der Waals surface area contributed by atoms with Gasteiger partial charge in [-0.1, -0.05) is 0 Å². The van der Waals surface area contributed by atoms with Crippen LogP contribution < -0.4 is 4.40 Å². The Bertz CT molecular complexity index is 1970. The molecule has 0 N–H and O–H groups in total. The third-order valence-electron chi connectivity index (χ3n) is 7.89. The molecule has 7 rings (SSSR count). The molecular formula is C37H32GeN2O. The average Bonchev–Trinajstić information content (AvgIpc) is 3.58. The molecule has 2 aromatic heterocycles. The molecule has 200 valence electrons. The molecule has 0 aliphatic heterocycles. The van der Waals surface area contributed by atoms with Crippen LogP contribution in [0.25, 0.3) is 61.3 Å². The summed E-state index contributed by atoms with van der Waals surface area (Å²) in [7, 11) is 0. The van der Waals surface area contributed by atoms with Gasteiger partial charge >= 0.3 is 244 Å². The molecule has 0 fully saturated rings. The van der Waals surface area contributed by atoms with Crippen LogP contribution in [0.5, 0.6) is 0 Å². The van der Waals surface area contributed by atoms with E-state index in [1.807, 2.05) is 6.26 Å². The molecule has 0 aliphatic rings. The quantitative estimate of drug-likeness (QED) is 0.186. The van der Waals surface area contributed by atoms with Crippen molar-refractivity contribution in [3.8, 4) is 39.3 Å². The second-order valence-electron chi connectivity index (χ2n) is 11.8. The third-order valence-corrected chi connectivity index (χ3v) is 12.2. The van der Waals surface area contributed by atoms with E-state index in [-0.39, 0.29) is 0 Å². The van der Waals surface area contributed by atoms with E-state index in [0.29, 0.717) is 0 Å². The summed E-state index contributed by atoms with van der Waals surface area (Å²) >= 11 is -2.08. The van der Waals surface area contributed by atoms with Crippen molar-refractivity contribution in [1.82, 2.24) is 9.55 Å². The van der Waals surface area contributed by atoms with Crippen LogP contribution in [0.1, 0.15) is 5.56 Å². The number of nitrogens with zero attached hydrogens (tertiary/aromatic N) is 2. The first-order valence-corrected chi connectivity index (χ1v) is 21.5. The first-order valence-electron chi connectivity index (χ1n) is 14.1. The van der Waals surface area contributed by atoms with Crippen LogP contribution in [0.4, 0.5) is 0 Å². The monoisotopic (exact) mass is 594 g/mol. The maximum absolute atomic E-state index is 6.17. The van der Waals surface area contributed by atoms with Crippen molar-refractivity contribution in [3.63, 3.8) is 0 Å². The summed E-state index contributed by atoms with van der Waals surface area (Å²) in [6.07, 6.45) is 1.89. The van der Waals surface area contributed by atoms with Gasteiger partial charge < -0.3 is 0 Å². The maximum atomic E-state index is 6.17. The summed E-state index contributed by atoms with van der Waals surface area (Å²) in [5, 5.41) is 1.12. The predicted octanol–water partition coefficient (Wildman–Crippen LogP) is 9.63. The Balaban J connectivity index is 1.62. The predicted molar refractivity (Wildman–Crippen MR) is 175 cm³/mol. The average molecular weight is 593 g/mol. The first-order chi connectivity index (χ1) is 19.9. The Morgan fingerprint density at radius 1 is 0.659 bits per heavy atom. The Kier molecular flexibility index (Phi) is 6.20. The van der Waals surface area contributed by atoms with Gasteiger partial charge in [-0.15, -0.1) is 0 Å². The zero-order valence-electron chi connectivity index (χ0n) is 23.8. The molecule has 41 heavy (non-hydrogen) atoms. The Hall–Kier alpha value is -4.35. The van der Waals surface area contributed by atoms with Gasteiger partial charge in [0.1, 0.15) is 0 Å². The van der Waals surface area contributed by atoms with Crippen LogP contribution in [-0.4, -0.2) is 22.8 Å². The number of para-hydroxylation sites is 2. The second-order valence-corrected chi connectivity index (χ2v) is 22.5. The number of furan rings is 1. The normalized spacial score (nSPS) is 11.9. The van der Waals surface area contributed by atoms with Crippen LogP contribution in [0, 0.1) is 6.92 Å². The van der Waals surface area contributed by atoms with Gasteiger partial charge in [0, 0.05) is 0 Å². The van der Waals surface area contributed by atoms with Gasteiger partial charge in [-0.3, -0.25) is 0 Å². The van der Waals surface area contributed by atoms with E-state index < -0.39 is 13.3 Å². The molecule has 0 saturated heterocycles. The van der Waals surface area contributed by atoms with Crippen molar-refractivity contribution in [3.05, 3.63) is 127 Å². The molecular weight excluding hydrogens is 561 g/mol. The fourth-order valence-electron chi connectivity index (χ4n) is 5.80. The number of imidazole rings is 1. The van der Waals surface area contributed by atoms with Gasteiger partial charge in [0.05, 0.1) is 0 Å². The Morgan fingerprint density at radius 3 is 1.90 bits per heavy atom. The number of aromatic nitrogens is 2. The van der Waals surface area contributed by atoms with E-state index in [2.05, 4.69) is 144 Å². The van der Waals surface area contributed by atoms with Gasteiger partial charge in [0.2, 0.25) is 0 Å². The summed E-state index contributed by atoms with van der Waals surface area (Å²) in [5.74, 6) is 8.18. The Morgan fingerprint density at radius 2 is 1.27 bits per heavy atom. The summed E-state index contributed by atoms with van der Waals surface area (Å²) in [6, 6.07) is 41.1. The number of benzene rings is 5. The van der Waals surface area contributed by atoms with Gasteiger partial charge in [-0.05, 0) is 0 Å². The van der Waals surface area contributed by atoms with Gasteiger partial charge in [-0.25, -0.2) is 0 Å². The van der Waals surface area contributed by atoms with Crippen LogP contribution in [-0.2, 0) is 0 Å². The summed E-state index contributed by atoms with van der Waals surface area (Å²) in [4.78, 5) is 5.28. The molecule has 0 atom stereocenters. The zero-order chi connectivity index (χ0) is 28.1. The van der Waals surface area contributed by atoms with Gasteiger partial charge in [0.15, 0.2) is 0 Å². The molecule has 0 aliphatic carbocycles. The fraction of sp³-hybridized carbons (Fsp3) is 0.108. The number of aryl methyl sites for hydroxylation is 1. The van der Waals surface area contributed by atoms with Gasteiger partial charge in [0.25, 0.3) is 0 Å². The number of rotatable bonds is 5. The van der Waals surface area contributed by atoms with E-state index >= 15 is 0 Å². The topological polar surface area (TPSA) is 31.0 Å². The van der Waals surface area contributed by atoms with E-state index in [4.69, 9.17) is 9.40 Å². The molecule has 2 heterocycles. The van der Waals surface area contributed by atoms with E-state index in [1.54, 1.807) is 0 Å². The van der Waals surface area contributed by atoms with E-state index in [9.17, 15) is 0 Å². The van der Waals surface area contributed by atoms with Crippen LogP contribution in [0.2, 0.25) is 17.3 Å². The minimum absolute atomic E-state index is 0.890. The zero-order valence-corrected chi connectivity index (χ0v) is 25.9. The van der Waals surface area contributed by atoms with Crippen molar-refractivity contribution < 1.29 is 4.42 Å². The molecule has 0 radical (unpaired) electrons. The molecule has 5 aromatic carbocycles. The molecule has 0 unspecified atom stereocenters. The molecule has 0 spiro atoms. The fourth-order valence-corrected chi connectivity index (χ4v) is 8.23. The van der Waals surface area contributed by atoms with E-state index in [1.165, 1.54) is 32.2 Å². The Labute approximate surface area is 243 Å². The molecule has 0 bridgehead atoms. The minimum atomic E-state index is -2.08. The molecule has 0 saturated carbocycles. The molecule has 3 nitrogen and oxygen atoms in total. The van der Waals surface area contributed by atoms with Crippen LogP contribution in [0.15, 0.2) is 126 Å². The van der Waals surface area contributed by atoms with Crippen molar-refractivity contribution in [2.45, 2.75) is 24.2 Å². The standard InChI is InChI=1S/C37H32GeN2O/c1-25-21-29(26-13-7-5-8-14-26)36(30(22-25)27-15-9-6-10-16-27)40-34-18-12-11-17-33(34)39-37(40)32-24-41-35-20-19-28(23-31(32)35)38(2,3)4/h5-24H,1-4H3. The first kappa shape index (κ1) is 25.6. The number of hydrogen-bond donors (Lipinski definition) is 0. The molecule has 0 amide bonds. The van der Waals surface area contributed by atoms with Crippen molar-refractivity contribution in [1.29, 1.82) is 0 Å². The van der Waals surface area contributed by atoms with Crippen molar-refractivity contribution in [2.75, 3.05) is 0 Å². The van der Waals surface area contributed by atoms with Crippen molar-refractivity contribution >= 4 is 39.7 Å². The number of fused-ring (bicyclic) bond motifs is 2. The summed E-state index contributed by atoms with van der Waals surface area (Å²) in [5.41, 5.74) is 11.0. The van der Waals surface area contributed by atoms with Gasteiger partial charge in [-0.2, -0.15) is 0 Å². The molecule has 4 heteroatoms. The number of hydrogen-bond acceptors (Lipinski definition) is 2. The summed E-state index contributed by atoms with van der Waals surface area (Å²) < 4.78 is 9.98. The molecule has 7 aromatic rings.